The number of nitrogens with one attached hydrogen (secondary N) is 1. The molecule has 1 heterocycles. The Morgan fingerprint density at radius 2 is 1.27 bits per heavy atom. The highest BCUT2D eigenvalue weighted by molar-refractivity contribution is 8.05. The van der Waals surface area contributed by atoms with E-state index in [-0.39, 0.29) is 22.5 Å². The summed E-state index contributed by atoms with van der Waals surface area (Å²) >= 11 is 0. The molecule has 4 aromatic rings. The molecule has 0 radical (unpaired) electrons. The quantitative estimate of drug-likeness (QED) is 0.0836. The minimum Gasteiger partial charge on any atom is -0.456 e. The van der Waals surface area contributed by atoms with Gasteiger partial charge in [-0.2, -0.15) is 30.9 Å². The van der Waals surface area contributed by atoms with Gasteiger partial charge in [0.2, 0.25) is 21.1 Å². The van der Waals surface area contributed by atoms with Gasteiger partial charge in [-0.05, 0) is 103 Å². The largest absolute Gasteiger partial charge is 0.456 e. The Balaban J connectivity index is 1.67. The van der Waals surface area contributed by atoms with Crippen molar-refractivity contribution in [2.75, 3.05) is 18.0 Å². The van der Waals surface area contributed by atoms with Gasteiger partial charge >= 0.3 is 12.4 Å². The highest BCUT2D eigenvalue weighted by atomic mass is 32.3. The van der Waals surface area contributed by atoms with E-state index in [9.17, 15) is 43.2 Å². The molecule has 1 aliphatic carbocycles. The van der Waals surface area contributed by atoms with E-state index in [4.69, 9.17) is 4.42 Å². The summed E-state index contributed by atoms with van der Waals surface area (Å²) in [5, 5.41) is -3.97. The molecule has 1 N–H and O–H groups in total. The van der Waals surface area contributed by atoms with Gasteiger partial charge in [-0.3, -0.25) is 0 Å². The van der Waals surface area contributed by atoms with Crippen molar-refractivity contribution in [2.24, 2.45) is 0 Å². The van der Waals surface area contributed by atoms with Crippen molar-refractivity contribution in [2.45, 2.75) is 77.9 Å². The van der Waals surface area contributed by atoms with Crippen LogP contribution in [0.1, 0.15) is 47.2 Å². The number of sulfonamides is 2. The zero-order valence-corrected chi connectivity index (χ0v) is 35.7. The molecule has 8 nitrogen and oxygen atoms in total. The Morgan fingerprint density at radius 1 is 0.700 bits per heavy atom. The summed E-state index contributed by atoms with van der Waals surface area (Å²) in [6.07, 6.45) is -12.8. The molecule has 0 amide bonds. The van der Waals surface area contributed by atoms with Crippen molar-refractivity contribution in [3.63, 3.8) is 0 Å². The number of hydrogen-bond acceptors (Lipinski definition) is 6. The number of anilines is 2. The molecule has 0 aromatic heterocycles. The summed E-state index contributed by atoms with van der Waals surface area (Å²) in [6, 6.07) is 23.6. The van der Waals surface area contributed by atoms with Gasteiger partial charge in [-0.15, -0.1) is 4.13 Å². The van der Waals surface area contributed by atoms with Crippen LogP contribution in [0, 0.1) is 41.5 Å². The van der Waals surface area contributed by atoms with Crippen LogP contribution in [0.25, 0.3) is 33.4 Å². The second kappa shape index (κ2) is 16.0. The SMILES string of the molecule is CCN(c1ccc2c(-c3ccccc3S(=O)(=O)NS(=O)(=O)C(C(F)(F)F)C(F)(F)F)c3ccc(=[N+](CC)c4c(C)cc(C)cc4C)cc-3oc2c1)c1c(C)cc(C)cc1C. The van der Waals surface area contributed by atoms with Crippen LogP contribution in [-0.4, -0.2) is 47.5 Å². The maximum absolute atomic E-state index is 13.9. The van der Waals surface area contributed by atoms with Crippen LogP contribution in [0.5, 0.6) is 0 Å². The number of aryl methyl sites for hydroxylation is 6. The summed E-state index contributed by atoms with van der Waals surface area (Å²) in [5.74, 6) is 0.265. The minimum atomic E-state index is -6.65. The molecular formula is C44H44F6N3O5S2+. The highest BCUT2D eigenvalue weighted by Crippen LogP contribution is 2.45. The molecule has 0 fully saturated rings. The first-order chi connectivity index (χ1) is 27.9. The summed E-state index contributed by atoms with van der Waals surface area (Å²) in [4.78, 5) is 1.22. The first-order valence-corrected chi connectivity index (χ1v) is 22.0. The van der Waals surface area contributed by atoms with E-state index in [1.807, 2.05) is 55.4 Å². The van der Waals surface area contributed by atoms with Crippen molar-refractivity contribution >= 4 is 48.1 Å². The average Bonchev–Trinajstić information content (AvgIpc) is 3.11. The second-order valence-corrected chi connectivity index (χ2v) is 18.6. The average molecular weight is 873 g/mol. The molecule has 0 bridgehead atoms. The number of nitrogens with zero attached hydrogens (tertiary/aromatic N) is 2. The molecule has 0 spiro atoms. The van der Waals surface area contributed by atoms with Crippen molar-refractivity contribution in [1.82, 2.24) is 8.70 Å². The van der Waals surface area contributed by atoms with Gasteiger partial charge < -0.3 is 9.32 Å². The third-order valence-corrected chi connectivity index (χ3v) is 14.2. The van der Waals surface area contributed by atoms with Crippen LogP contribution in [0.2, 0.25) is 0 Å². The highest BCUT2D eigenvalue weighted by Gasteiger charge is 2.65. The van der Waals surface area contributed by atoms with Crippen LogP contribution >= 0.6 is 0 Å². The summed E-state index contributed by atoms with van der Waals surface area (Å²) < 4.78 is 144. The van der Waals surface area contributed by atoms with Crippen LogP contribution < -0.4 is 19.0 Å². The molecule has 4 aromatic carbocycles. The predicted octanol–water partition coefficient (Wildman–Crippen LogP) is 10.4. The van der Waals surface area contributed by atoms with Crippen molar-refractivity contribution < 1.29 is 47.6 Å². The van der Waals surface area contributed by atoms with E-state index in [0.29, 0.717) is 35.1 Å². The van der Waals surface area contributed by atoms with E-state index >= 15 is 0 Å². The van der Waals surface area contributed by atoms with Crippen molar-refractivity contribution in [1.29, 1.82) is 0 Å². The maximum Gasteiger partial charge on any atom is 0.415 e. The Hall–Kier alpha value is -5.19. The molecule has 16 heteroatoms. The lowest BCUT2D eigenvalue weighted by atomic mass is 9.93. The standard InChI is InChI=1S/C44H44F6N3O5S2/c1-9-52(40-27(5)19-25(3)20-28(40)6)31-15-17-33-36(23-31)58-37-24-32(53(10-2)41-29(7)21-26(4)22-30(41)8)16-18-34(37)39(33)35-13-11-12-14-38(35)59(54,55)51-60(56,57)42(43(45,46)47)44(48,49)50/h11-24,42,51H,9-10H2,1-8H3/q+1. The molecule has 1 aliphatic heterocycles. The molecule has 60 heavy (non-hydrogen) atoms. The van der Waals surface area contributed by atoms with Gasteiger partial charge in [0.25, 0.3) is 15.3 Å². The zero-order chi connectivity index (χ0) is 44.3. The molecule has 2 aliphatic rings. The molecule has 6 rings (SSSR count). The fourth-order valence-electron chi connectivity index (χ4n) is 8.32. The lowest BCUT2D eigenvalue weighted by Crippen LogP contribution is -2.53. The summed E-state index contributed by atoms with van der Waals surface area (Å²) in [6.45, 7) is 17.1. The number of benzene rings is 5. The topological polar surface area (TPSA) is 99.7 Å². The lowest BCUT2D eigenvalue weighted by molar-refractivity contribution is -0.226. The fraction of sp³-hybridized carbons (Fsp3) is 0.295. The van der Waals surface area contributed by atoms with E-state index in [1.54, 1.807) is 36.4 Å². The number of alkyl halides is 6. The van der Waals surface area contributed by atoms with Crippen LogP contribution in [0.3, 0.4) is 0 Å². The normalized spacial score (nSPS) is 13.4. The van der Waals surface area contributed by atoms with E-state index in [1.165, 1.54) is 18.2 Å². The van der Waals surface area contributed by atoms with Crippen molar-refractivity contribution in [3.8, 4) is 22.5 Å². The van der Waals surface area contributed by atoms with E-state index in [2.05, 4.69) is 33.7 Å². The van der Waals surface area contributed by atoms with Crippen LogP contribution in [-0.2, 0) is 20.0 Å². The first-order valence-electron chi connectivity index (χ1n) is 18.9. The molecular weight excluding hydrogens is 829 g/mol. The fourth-order valence-corrected chi connectivity index (χ4v) is 11.7. The monoisotopic (exact) mass is 872 g/mol. The molecule has 0 atom stereocenters. The number of fused-ring (bicyclic) bond motifs is 2. The Bertz CT molecular complexity index is 2860. The second-order valence-electron chi connectivity index (χ2n) is 14.9. The Morgan fingerprint density at radius 3 is 1.82 bits per heavy atom. The summed E-state index contributed by atoms with van der Waals surface area (Å²) in [5.41, 5.74) is 9.50. The van der Waals surface area contributed by atoms with E-state index < -0.39 is 42.5 Å². The third-order valence-electron chi connectivity index (χ3n) is 10.3. The molecule has 0 unspecified atom stereocenters. The van der Waals surface area contributed by atoms with Crippen LogP contribution in [0.15, 0.2) is 94.2 Å². The number of halogens is 6. The maximum atomic E-state index is 13.9. The zero-order valence-electron chi connectivity index (χ0n) is 34.1. The predicted molar refractivity (Wildman–Crippen MR) is 223 cm³/mol. The van der Waals surface area contributed by atoms with Gasteiger partial charge in [-0.1, -0.05) is 41.5 Å². The van der Waals surface area contributed by atoms with Gasteiger partial charge in [0.05, 0.1) is 11.0 Å². The molecule has 318 valence electrons. The number of rotatable bonds is 10. The minimum absolute atomic E-state index is 0.183. The van der Waals surface area contributed by atoms with Crippen LogP contribution in [0.4, 0.5) is 43.4 Å². The van der Waals surface area contributed by atoms with E-state index in [0.717, 1.165) is 54.9 Å². The van der Waals surface area contributed by atoms with Gasteiger partial charge in [0.15, 0.2) is 0 Å². The third kappa shape index (κ3) is 8.41. The van der Waals surface area contributed by atoms with Gasteiger partial charge in [0.1, 0.15) is 17.9 Å². The lowest BCUT2D eigenvalue weighted by Gasteiger charge is -2.28. The number of hydrogen-bond donors (Lipinski definition) is 1. The molecule has 0 saturated heterocycles. The Labute approximate surface area is 345 Å². The molecule has 0 saturated carbocycles. The summed E-state index contributed by atoms with van der Waals surface area (Å²) in [7, 11) is -12.3. The Kier molecular flexibility index (Phi) is 11.8. The first kappa shape index (κ1) is 44.4. The van der Waals surface area contributed by atoms with Gasteiger partial charge in [0, 0.05) is 63.3 Å². The smallest absolute Gasteiger partial charge is 0.415 e. The van der Waals surface area contributed by atoms with Crippen molar-refractivity contribution in [3.05, 3.63) is 124 Å². The van der Waals surface area contributed by atoms with Gasteiger partial charge in [-0.25, -0.2) is 16.8 Å².